The summed E-state index contributed by atoms with van der Waals surface area (Å²) in [6, 6.07) is 6.08. The van der Waals surface area contributed by atoms with Gasteiger partial charge < -0.3 is 9.47 Å². The summed E-state index contributed by atoms with van der Waals surface area (Å²) in [4.78, 5) is 12.3. The van der Waals surface area contributed by atoms with E-state index >= 15 is 0 Å². The van der Waals surface area contributed by atoms with Crippen molar-refractivity contribution in [3.63, 3.8) is 0 Å². The molecule has 1 aromatic carbocycles. The highest BCUT2D eigenvalue weighted by Gasteiger charge is 2.25. The molecule has 0 bridgehead atoms. The van der Waals surface area contributed by atoms with Gasteiger partial charge in [0.2, 0.25) is 0 Å². The Morgan fingerprint density at radius 3 is 2.68 bits per heavy atom. The first-order valence-corrected chi connectivity index (χ1v) is 9.18. The molecule has 122 valence electrons. The molecule has 2 rings (SSSR count). The van der Waals surface area contributed by atoms with Gasteiger partial charge in [-0.1, -0.05) is 19.9 Å². The molecule has 0 amide bonds. The molecule has 0 aromatic heterocycles. The SMILES string of the molecule is CCOC(=O)C(CC(C)C)c1ccc(I)c(OCC2CC2)c1. The van der Waals surface area contributed by atoms with Crippen molar-refractivity contribution in [2.75, 3.05) is 13.2 Å². The molecule has 1 atom stereocenters. The second kappa shape index (κ2) is 8.18. The fourth-order valence-electron chi connectivity index (χ4n) is 2.42. The predicted octanol–water partition coefficient (Wildman–Crippen LogP) is 4.77. The van der Waals surface area contributed by atoms with E-state index in [-0.39, 0.29) is 11.9 Å². The third-order valence-corrected chi connectivity index (χ3v) is 4.70. The fraction of sp³-hybridized carbons (Fsp3) is 0.611. The quantitative estimate of drug-likeness (QED) is 0.452. The molecule has 0 radical (unpaired) electrons. The van der Waals surface area contributed by atoms with Crippen LogP contribution in [0.3, 0.4) is 0 Å². The third-order valence-electron chi connectivity index (χ3n) is 3.81. The summed E-state index contributed by atoms with van der Waals surface area (Å²) in [7, 11) is 0. The second-order valence-electron chi connectivity index (χ2n) is 6.38. The summed E-state index contributed by atoms with van der Waals surface area (Å²) in [5.74, 6) is 1.70. The van der Waals surface area contributed by atoms with Gasteiger partial charge >= 0.3 is 5.97 Å². The molecule has 1 fully saturated rings. The summed E-state index contributed by atoms with van der Waals surface area (Å²) in [5, 5.41) is 0. The average molecular weight is 416 g/mol. The molecule has 1 unspecified atom stereocenters. The van der Waals surface area contributed by atoms with Crippen molar-refractivity contribution in [2.45, 2.75) is 46.0 Å². The van der Waals surface area contributed by atoms with Gasteiger partial charge in [-0.05, 0) is 78.3 Å². The number of benzene rings is 1. The van der Waals surface area contributed by atoms with Gasteiger partial charge in [0, 0.05) is 0 Å². The van der Waals surface area contributed by atoms with Crippen LogP contribution in [-0.4, -0.2) is 19.2 Å². The van der Waals surface area contributed by atoms with E-state index in [0.717, 1.165) is 33.8 Å². The van der Waals surface area contributed by atoms with Crippen LogP contribution in [0, 0.1) is 15.4 Å². The van der Waals surface area contributed by atoms with Crippen LogP contribution >= 0.6 is 22.6 Å². The van der Waals surface area contributed by atoms with Gasteiger partial charge in [-0.15, -0.1) is 0 Å². The van der Waals surface area contributed by atoms with Crippen LogP contribution in [0.25, 0.3) is 0 Å². The van der Waals surface area contributed by atoms with Crippen molar-refractivity contribution in [2.24, 2.45) is 11.8 Å². The molecule has 0 heterocycles. The van der Waals surface area contributed by atoms with Crippen molar-refractivity contribution in [1.29, 1.82) is 0 Å². The van der Waals surface area contributed by atoms with Crippen LogP contribution in [0.15, 0.2) is 18.2 Å². The van der Waals surface area contributed by atoms with Gasteiger partial charge in [0.25, 0.3) is 0 Å². The molecule has 1 aliphatic rings. The van der Waals surface area contributed by atoms with E-state index < -0.39 is 0 Å². The van der Waals surface area contributed by atoms with E-state index in [4.69, 9.17) is 9.47 Å². The van der Waals surface area contributed by atoms with Gasteiger partial charge in [-0.3, -0.25) is 4.79 Å². The first-order chi connectivity index (χ1) is 10.5. The summed E-state index contributed by atoms with van der Waals surface area (Å²) >= 11 is 2.29. The van der Waals surface area contributed by atoms with E-state index in [1.807, 2.05) is 25.1 Å². The second-order valence-corrected chi connectivity index (χ2v) is 7.54. The lowest BCUT2D eigenvalue weighted by atomic mass is 9.90. The Bertz CT molecular complexity index is 509. The Morgan fingerprint density at radius 2 is 2.09 bits per heavy atom. The Morgan fingerprint density at radius 1 is 1.36 bits per heavy atom. The molecule has 0 spiro atoms. The summed E-state index contributed by atoms with van der Waals surface area (Å²) < 4.78 is 12.3. The minimum Gasteiger partial charge on any atom is -0.492 e. The molecular formula is C18H25IO3. The fourth-order valence-corrected chi connectivity index (χ4v) is 2.91. The van der Waals surface area contributed by atoms with Gasteiger partial charge in [0.1, 0.15) is 5.75 Å². The number of ether oxygens (including phenoxy) is 2. The maximum atomic E-state index is 12.3. The number of esters is 1. The Hall–Kier alpha value is -0.780. The first kappa shape index (κ1) is 17.6. The van der Waals surface area contributed by atoms with Crippen molar-refractivity contribution in [1.82, 2.24) is 0 Å². The number of carbonyl (C=O) groups excluding carboxylic acids is 1. The largest absolute Gasteiger partial charge is 0.492 e. The van der Waals surface area contributed by atoms with Crippen LogP contribution in [0.4, 0.5) is 0 Å². The zero-order chi connectivity index (χ0) is 16.1. The van der Waals surface area contributed by atoms with E-state index in [2.05, 4.69) is 36.4 Å². The van der Waals surface area contributed by atoms with Gasteiger partial charge in [-0.2, -0.15) is 0 Å². The highest BCUT2D eigenvalue weighted by atomic mass is 127. The standard InChI is InChI=1S/C18H25IO3/c1-4-21-18(20)15(9-12(2)3)14-7-8-16(19)17(10-14)22-11-13-5-6-13/h7-8,10,12-13,15H,4-6,9,11H2,1-3H3. The molecular weight excluding hydrogens is 391 g/mol. The van der Waals surface area contributed by atoms with Crippen LogP contribution in [-0.2, 0) is 9.53 Å². The number of hydrogen-bond acceptors (Lipinski definition) is 3. The van der Waals surface area contributed by atoms with Crippen LogP contribution in [0.5, 0.6) is 5.75 Å². The monoisotopic (exact) mass is 416 g/mol. The molecule has 1 aromatic rings. The van der Waals surface area contributed by atoms with Crippen molar-refractivity contribution in [3.8, 4) is 5.75 Å². The smallest absolute Gasteiger partial charge is 0.313 e. The molecule has 22 heavy (non-hydrogen) atoms. The summed E-state index contributed by atoms with van der Waals surface area (Å²) in [6.45, 7) is 7.31. The predicted molar refractivity (Wildman–Crippen MR) is 96.2 cm³/mol. The number of hydrogen-bond donors (Lipinski definition) is 0. The van der Waals surface area contributed by atoms with Gasteiger partial charge in [0.15, 0.2) is 0 Å². The van der Waals surface area contributed by atoms with E-state index in [1.54, 1.807) is 0 Å². The summed E-state index contributed by atoms with van der Waals surface area (Å²) in [5.41, 5.74) is 0.998. The zero-order valence-electron chi connectivity index (χ0n) is 13.6. The van der Waals surface area contributed by atoms with Crippen molar-refractivity contribution < 1.29 is 14.3 Å². The number of rotatable bonds is 8. The molecule has 0 saturated heterocycles. The van der Waals surface area contributed by atoms with Crippen molar-refractivity contribution in [3.05, 3.63) is 27.3 Å². The molecule has 0 aliphatic heterocycles. The van der Waals surface area contributed by atoms with Crippen LogP contribution in [0.1, 0.15) is 51.5 Å². The normalized spacial score (nSPS) is 15.7. The van der Waals surface area contributed by atoms with E-state index in [1.165, 1.54) is 12.8 Å². The number of halogens is 1. The lowest BCUT2D eigenvalue weighted by Gasteiger charge is -2.19. The Balaban J connectivity index is 2.17. The molecule has 3 nitrogen and oxygen atoms in total. The maximum Gasteiger partial charge on any atom is 0.313 e. The molecule has 1 aliphatic carbocycles. The average Bonchev–Trinajstić information content (AvgIpc) is 3.28. The Kier molecular flexibility index (Phi) is 6.53. The minimum absolute atomic E-state index is 0.134. The highest BCUT2D eigenvalue weighted by Crippen LogP contribution is 2.33. The van der Waals surface area contributed by atoms with Gasteiger partial charge in [-0.25, -0.2) is 0 Å². The number of carbonyl (C=O) groups is 1. The summed E-state index contributed by atoms with van der Waals surface area (Å²) in [6.07, 6.45) is 3.34. The Labute approximate surface area is 146 Å². The minimum atomic E-state index is -0.208. The van der Waals surface area contributed by atoms with E-state index in [0.29, 0.717) is 12.5 Å². The topological polar surface area (TPSA) is 35.5 Å². The first-order valence-electron chi connectivity index (χ1n) is 8.10. The third kappa shape index (κ3) is 5.14. The van der Waals surface area contributed by atoms with Gasteiger partial charge in [0.05, 0.1) is 22.7 Å². The van der Waals surface area contributed by atoms with E-state index in [9.17, 15) is 4.79 Å². The van der Waals surface area contributed by atoms with Crippen LogP contribution < -0.4 is 4.74 Å². The van der Waals surface area contributed by atoms with Crippen molar-refractivity contribution >= 4 is 28.6 Å². The molecule has 1 saturated carbocycles. The highest BCUT2D eigenvalue weighted by molar-refractivity contribution is 14.1. The lowest BCUT2D eigenvalue weighted by Crippen LogP contribution is -2.18. The zero-order valence-corrected chi connectivity index (χ0v) is 15.8. The lowest BCUT2D eigenvalue weighted by molar-refractivity contribution is -0.145. The maximum absolute atomic E-state index is 12.3. The van der Waals surface area contributed by atoms with Crippen LogP contribution in [0.2, 0.25) is 0 Å². The molecule has 0 N–H and O–H groups in total. The molecule has 4 heteroatoms.